The van der Waals surface area contributed by atoms with E-state index in [0.29, 0.717) is 15.5 Å². The van der Waals surface area contributed by atoms with Crippen LogP contribution in [0.15, 0.2) is 30.3 Å². The predicted molar refractivity (Wildman–Crippen MR) is 63.8 cm³/mol. The first-order valence-electron chi connectivity index (χ1n) is 5.04. The number of halogens is 1. The van der Waals surface area contributed by atoms with Gasteiger partial charge in [0.25, 0.3) is 11.8 Å². The molecule has 0 saturated heterocycles. The van der Waals surface area contributed by atoms with Crippen LogP contribution in [-0.4, -0.2) is 34.3 Å². The lowest BCUT2D eigenvalue weighted by Crippen LogP contribution is -2.35. The van der Waals surface area contributed by atoms with Crippen LogP contribution in [-0.2, 0) is 14.4 Å². The number of carboxylic acids is 1. The van der Waals surface area contributed by atoms with Gasteiger partial charge < -0.3 is 5.11 Å². The Labute approximate surface area is 107 Å². The Morgan fingerprint density at radius 1 is 1.22 bits per heavy atom. The summed E-state index contributed by atoms with van der Waals surface area (Å²) in [5.41, 5.74) is 0.712. The normalized spacial score (nSPS) is 14.9. The average Bonchev–Trinajstić information content (AvgIpc) is 2.58. The Morgan fingerprint density at radius 2 is 1.83 bits per heavy atom. The highest BCUT2D eigenvalue weighted by Crippen LogP contribution is 2.24. The minimum atomic E-state index is -1.23. The van der Waals surface area contributed by atoms with Gasteiger partial charge in [-0.25, -0.2) is 0 Å². The lowest BCUT2D eigenvalue weighted by molar-refractivity contribution is -0.147. The minimum absolute atomic E-state index is 0.179. The molecule has 1 aromatic rings. The lowest BCUT2D eigenvalue weighted by Gasteiger charge is -2.11. The van der Waals surface area contributed by atoms with Crippen molar-refractivity contribution in [1.82, 2.24) is 4.90 Å². The fraction of sp³-hybridized carbons (Fsp3) is 0.0833. The Kier molecular flexibility index (Phi) is 3.16. The molecule has 0 unspecified atom stereocenters. The number of hydrogen-bond acceptors (Lipinski definition) is 3. The minimum Gasteiger partial charge on any atom is -0.480 e. The molecule has 0 aliphatic carbocycles. The quantitative estimate of drug-likeness (QED) is 0.833. The van der Waals surface area contributed by atoms with Crippen molar-refractivity contribution in [2.24, 2.45) is 0 Å². The lowest BCUT2D eigenvalue weighted by atomic mass is 10.1. The highest BCUT2D eigenvalue weighted by molar-refractivity contribution is 6.34. The van der Waals surface area contributed by atoms with Crippen LogP contribution in [0, 0.1) is 0 Å². The number of carbonyl (C=O) groups is 3. The summed E-state index contributed by atoms with van der Waals surface area (Å²) in [6.07, 6.45) is 1.13. The van der Waals surface area contributed by atoms with E-state index in [1.807, 2.05) is 0 Å². The van der Waals surface area contributed by atoms with Crippen molar-refractivity contribution in [2.45, 2.75) is 0 Å². The zero-order valence-corrected chi connectivity index (χ0v) is 9.85. The monoisotopic (exact) mass is 265 g/mol. The molecule has 0 aromatic heterocycles. The molecule has 2 rings (SSSR count). The number of carboxylic acid groups (broad SMARTS) is 1. The van der Waals surface area contributed by atoms with E-state index in [1.165, 1.54) is 0 Å². The fourth-order valence-electron chi connectivity index (χ4n) is 1.63. The molecular weight excluding hydrogens is 258 g/mol. The van der Waals surface area contributed by atoms with Crippen LogP contribution in [0.25, 0.3) is 5.57 Å². The van der Waals surface area contributed by atoms with Gasteiger partial charge in [0, 0.05) is 11.1 Å². The second-order valence-corrected chi connectivity index (χ2v) is 4.12. The first-order chi connectivity index (χ1) is 8.49. The van der Waals surface area contributed by atoms with E-state index in [2.05, 4.69) is 0 Å². The van der Waals surface area contributed by atoms with E-state index in [1.54, 1.807) is 24.3 Å². The fourth-order valence-corrected chi connectivity index (χ4v) is 1.76. The highest BCUT2D eigenvalue weighted by atomic mass is 35.5. The van der Waals surface area contributed by atoms with Gasteiger partial charge in [-0.05, 0) is 17.7 Å². The summed E-state index contributed by atoms with van der Waals surface area (Å²) in [5.74, 6) is -2.46. The third-order valence-corrected chi connectivity index (χ3v) is 2.71. The second kappa shape index (κ2) is 4.62. The smallest absolute Gasteiger partial charge is 0.323 e. The molecule has 6 heteroatoms. The summed E-state index contributed by atoms with van der Waals surface area (Å²) in [7, 11) is 0. The zero-order valence-electron chi connectivity index (χ0n) is 9.09. The van der Waals surface area contributed by atoms with E-state index in [4.69, 9.17) is 16.7 Å². The van der Waals surface area contributed by atoms with Gasteiger partial charge in [0.05, 0.1) is 5.57 Å². The Bertz CT molecular complexity index is 562. The van der Waals surface area contributed by atoms with Gasteiger partial charge in [-0.15, -0.1) is 0 Å². The standard InChI is InChI=1S/C12H8ClNO4/c13-8-3-1-7(2-4-8)9-5-10(15)14(12(9)18)6-11(16)17/h1-5H,6H2,(H,16,17). The number of nitrogens with zero attached hydrogens (tertiary/aromatic N) is 1. The molecule has 0 bridgehead atoms. The van der Waals surface area contributed by atoms with E-state index < -0.39 is 24.3 Å². The van der Waals surface area contributed by atoms with Crippen LogP contribution in [0.1, 0.15) is 5.56 Å². The molecule has 1 N–H and O–H groups in total. The van der Waals surface area contributed by atoms with Crippen molar-refractivity contribution in [3.05, 3.63) is 40.9 Å². The third-order valence-electron chi connectivity index (χ3n) is 2.46. The summed E-state index contributed by atoms with van der Waals surface area (Å²) >= 11 is 5.72. The molecule has 92 valence electrons. The van der Waals surface area contributed by atoms with Crippen LogP contribution in [0.2, 0.25) is 5.02 Å². The first-order valence-corrected chi connectivity index (χ1v) is 5.42. The molecule has 1 aliphatic heterocycles. The van der Waals surface area contributed by atoms with E-state index in [0.717, 1.165) is 6.08 Å². The Morgan fingerprint density at radius 3 is 2.39 bits per heavy atom. The number of carbonyl (C=O) groups excluding carboxylic acids is 2. The summed E-state index contributed by atoms with van der Waals surface area (Å²) in [6.45, 7) is -0.634. The van der Waals surface area contributed by atoms with Crippen molar-refractivity contribution >= 4 is 35.0 Å². The number of aliphatic carboxylic acids is 1. The zero-order chi connectivity index (χ0) is 13.3. The molecule has 0 atom stereocenters. The third kappa shape index (κ3) is 2.26. The topological polar surface area (TPSA) is 74.7 Å². The Hall–Kier alpha value is -2.14. The van der Waals surface area contributed by atoms with Gasteiger partial charge in [-0.2, -0.15) is 0 Å². The molecule has 2 amide bonds. The van der Waals surface area contributed by atoms with Gasteiger partial charge in [-0.1, -0.05) is 23.7 Å². The summed E-state index contributed by atoms with van der Waals surface area (Å²) < 4.78 is 0. The van der Waals surface area contributed by atoms with Crippen molar-refractivity contribution < 1.29 is 19.5 Å². The predicted octanol–water partition coefficient (Wildman–Crippen LogP) is 1.18. The van der Waals surface area contributed by atoms with E-state index in [9.17, 15) is 14.4 Å². The molecule has 1 heterocycles. The van der Waals surface area contributed by atoms with Gasteiger partial charge in [0.1, 0.15) is 6.54 Å². The summed E-state index contributed by atoms with van der Waals surface area (Å²) in [4.78, 5) is 34.6. The average molecular weight is 266 g/mol. The van der Waals surface area contributed by atoms with Gasteiger partial charge in [0.2, 0.25) is 0 Å². The molecule has 0 spiro atoms. The molecule has 5 nitrogen and oxygen atoms in total. The van der Waals surface area contributed by atoms with Crippen molar-refractivity contribution in [3.8, 4) is 0 Å². The highest BCUT2D eigenvalue weighted by Gasteiger charge is 2.32. The van der Waals surface area contributed by atoms with Crippen LogP contribution in [0.5, 0.6) is 0 Å². The maximum absolute atomic E-state index is 11.9. The first kappa shape index (κ1) is 12.3. The van der Waals surface area contributed by atoms with Crippen LogP contribution in [0.4, 0.5) is 0 Å². The maximum Gasteiger partial charge on any atom is 0.323 e. The molecule has 0 fully saturated rings. The van der Waals surface area contributed by atoms with Crippen LogP contribution < -0.4 is 0 Å². The molecule has 0 saturated carbocycles. The molecule has 1 aromatic carbocycles. The number of imide groups is 1. The maximum atomic E-state index is 11.9. The molecular formula is C12H8ClNO4. The molecule has 0 radical (unpaired) electrons. The van der Waals surface area contributed by atoms with Crippen molar-refractivity contribution in [2.75, 3.05) is 6.54 Å². The summed E-state index contributed by atoms with van der Waals surface area (Å²) in [6, 6.07) is 6.39. The SMILES string of the molecule is O=C(O)CN1C(=O)C=C(c2ccc(Cl)cc2)C1=O. The molecule has 18 heavy (non-hydrogen) atoms. The Balaban J connectivity index is 2.29. The van der Waals surface area contributed by atoms with Crippen LogP contribution >= 0.6 is 11.6 Å². The number of benzene rings is 1. The molecule has 1 aliphatic rings. The van der Waals surface area contributed by atoms with E-state index in [-0.39, 0.29) is 5.57 Å². The van der Waals surface area contributed by atoms with Crippen molar-refractivity contribution in [1.29, 1.82) is 0 Å². The largest absolute Gasteiger partial charge is 0.480 e. The number of hydrogen-bond donors (Lipinski definition) is 1. The van der Waals surface area contributed by atoms with E-state index >= 15 is 0 Å². The number of rotatable bonds is 3. The van der Waals surface area contributed by atoms with Gasteiger partial charge in [0.15, 0.2) is 0 Å². The van der Waals surface area contributed by atoms with Gasteiger partial charge >= 0.3 is 5.97 Å². The van der Waals surface area contributed by atoms with Crippen LogP contribution in [0.3, 0.4) is 0 Å². The van der Waals surface area contributed by atoms with Crippen molar-refractivity contribution in [3.63, 3.8) is 0 Å². The van der Waals surface area contributed by atoms with Gasteiger partial charge in [-0.3, -0.25) is 19.3 Å². The summed E-state index contributed by atoms with van der Waals surface area (Å²) in [5, 5.41) is 9.13. The second-order valence-electron chi connectivity index (χ2n) is 3.69. The number of amides is 2.